The zero-order valence-corrected chi connectivity index (χ0v) is 11.7. The molecule has 0 aromatic carbocycles. The Morgan fingerprint density at radius 3 is 2.72 bits per heavy atom. The van der Waals surface area contributed by atoms with Gasteiger partial charge in [0, 0.05) is 19.6 Å². The van der Waals surface area contributed by atoms with Gasteiger partial charge in [0.15, 0.2) is 0 Å². The number of hydrogen-bond acceptors (Lipinski definition) is 3. The average molecular weight is 247 g/mol. The molecule has 0 amide bonds. The van der Waals surface area contributed by atoms with Crippen molar-refractivity contribution in [1.29, 1.82) is 0 Å². The number of piperidine rings is 1. The number of aromatic nitrogens is 1. The van der Waals surface area contributed by atoms with Crippen molar-refractivity contribution in [3.05, 3.63) is 18.5 Å². The Kier molecular flexibility index (Phi) is 4.85. The molecule has 2 heterocycles. The summed E-state index contributed by atoms with van der Waals surface area (Å²) in [5.41, 5.74) is 2.40. The molecule has 0 saturated carbocycles. The minimum absolute atomic E-state index is 0.941. The van der Waals surface area contributed by atoms with Crippen LogP contribution in [0, 0.1) is 5.92 Å². The van der Waals surface area contributed by atoms with Gasteiger partial charge in [-0.15, -0.1) is 0 Å². The minimum Gasteiger partial charge on any atom is -0.384 e. The molecule has 18 heavy (non-hydrogen) atoms. The van der Waals surface area contributed by atoms with Crippen LogP contribution in [-0.4, -0.2) is 24.6 Å². The SMILES string of the molecule is CCCC1CCN(c2cncc(NCC)c2)CC1. The molecule has 1 fully saturated rings. The third-order valence-corrected chi connectivity index (χ3v) is 3.78. The molecule has 1 saturated heterocycles. The van der Waals surface area contributed by atoms with Crippen molar-refractivity contribution in [3.63, 3.8) is 0 Å². The molecule has 1 aromatic rings. The van der Waals surface area contributed by atoms with Crippen LogP contribution in [0.4, 0.5) is 11.4 Å². The van der Waals surface area contributed by atoms with Crippen molar-refractivity contribution in [2.75, 3.05) is 29.9 Å². The van der Waals surface area contributed by atoms with E-state index in [0.29, 0.717) is 0 Å². The van der Waals surface area contributed by atoms with E-state index in [-0.39, 0.29) is 0 Å². The van der Waals surface area contributed by atoms with Crippen molar-refractivity contribution in [2.24, 2.45) is 5.92 Å². The average Bonchev–Trinajstić information content (AvgIpc) is 2.41. The van der Waals surface area contributed by atoms with Gasteiger partial charge in [-0.05, 0) is 31.7 Å². The first-order chi connectivity index (χ1) is 8.83. The standard InChI is InChI=1S/C15H25N3/c1-3-5-13-6-8-18(9-7-13)15-10-14(17-4-2)11-16-12-15/h10-13,17H,3-9H2,1-2H3. The first-order valence-electron chi connectivity index (χ1n) is 7.27. The van der Waals surface area contributed by atoms with Gasteiger partial charge in [0.1, 0.15) is 0 Å². The summed E-state index contributed by atoms with van der Waals surface area (Å²) in [5, 5.41) is 3.33. The van der Waals surface area contributed by atoms with Gasteiger partial charge >= 0.3 is 0 Å². The third kappa shape index (κ3) is 3.37. The molecule has 3 nitrogen and oxygen atoms in total. The number of pyridine rings is 1. The summed E-state index contributed by atoms with van der Waals surface area (Å²) in [4.78, 5) is 6.80. The second-order valence-electron chi connectivity index (χ2n) is 5.18. The Hall–Kier alpha value is -1.25. The van der Waals surface area contributed by atoms with Crippen molar-refractivity contribution >= 4 is 11.4 Å². The molecule has 1 aliphatic heterocycles. The van der Waals surface area contributed by atoms with Crippen LogP contribution in [0.3, 0.4) is 0 Å². The lowest BCUT2D eigenvalue weighted by Gasteiger charge is -2.33. The van der Waals surface area contributed by atoms with Crippen LogP contribution in [0.2, 0.25) is 0 Å². The van der Waals surface area contributed by atoms with E-state index < -0.39 is 0 Å². The highest BCUT2D eigenvalue weighted by Gasteiger charge is 2.18. The predicted molar refractivity (Wildman–Crippen MR) is 78.2 cm³/mol. The smallest absolute Gasteiger partial charge is 0.0573 e. The minimum atomic E-state index is 0.941. The van der Waals surface area contributed by atoms with Crippen LogP contribution in [-0.2, 0) is 0 Å². The van der Waals surface area contributed by atoms with Gasteiger partial charge in [-0.3, -0.25) is 4.98 Å². The highest BCUT2D eigenvalue weighted by atomic mass is 15.1. The fourth-order valence-corrected chi connectivity index (χ4v) is 2.79. The van der Waals surface area contributed by atoms with Gasteiger partial charge in [0.25, 0.3) is 0 Å². The highest BCUT2D eigenvalue weighted by molar-refractivity contribution is 5.55. The van der Waals surface area contributed by atoms with E-state index in [2.05, 4.69) is 35.1 Å². The lowest BCUT2D eigenvalue weighted by Crippen LogP contribution is -2.33. The van der Waals surface area contributed by atoms with Gasteiger partial charge in [-0.1, -0.05) is 19.8 Å². The van der Waals surface area contributed by atoms with Gasteiger partial charge < -0.3 is 10.2 Å². The molecule has 0 atom stereocenters. The third-order valence-electron chi connectivity index (χ3n) is 3.78. The van der Waals surface area contributed by atoms with E-state index in [1.165, 1.54) is 44.5 Å². The molecule has 3 heteroatoms. The summed E-state index contributed by atoms with van der Waals surface area (Å²) in [6, 6.07) is 2.22. The van der Waals surface area contributed by atoms with Crippen molar-refractivity contribution in [3.8, 4) is 0 Å². The summed E-state index contributed by atoms with van der Waals surface area (Å²) in [6.07, 6.45) is 9.27. The van der Waals surface area contributed by atoms with Crippen LogP contribution in [0.1, 0.15) is 39.5 Å². The number of nitrogens with one attached hydrogen (secondary N) is 1. The second-order valence-corrected chi connectivity index (χ2v) is 5.18. The van der Waals surface area contributed by atoms with Crippen LogP contribution < -0.4 is 10.2 Å². The zero-order chi connectivity index (χ0) is 12.8. The summed E-state index contributed by atoms with van der Waals surface area (Å²) < 4.78 is 0. The monoisotopic (exact) mass is 247 g/mol. The Balaban J connectivity index is 1.94. The van der Waals surface area contributed by atoms with E-state index in [9.17, 15) is 0 Å². The first kappa shape index (κ1) is 13.2. The molecule has 100 valence electrons. The Bertz CT molecular complexity index is 357. The van der Waals surface area contributed by atoms with Gasteiger partial charge in [-0.2, -0.15) is 0 Å². The van der Waals surface area contributed by atoms with Crippen LogP contribution in [0.25, 0.3) is 0 Å². The van der Waals surface area contributed by atoms with Crippen molar-refractivity contribution in [1.82, 2.24) is 4.98 Å². The molecule has 0 spiro atoms. The molecule has 0 unspecified atom stereocenters. The zero-order valence-electron chi connectivity index (χ0n) is 11.7. The van der Waals surface area contributed by atoms with Crippen LogP contribution >= 0.6 is 0 Å². The summed E-state index contributed by atoms with van der Waals surface area (Å²) in [5.74, 6) is 0.941. The van der Waals surface area contributed by atoms with Crippen molar-refractivity contribution < 1.29 is 0 Å². The second kappa shape index (κ2) is 6.62. The molecular weight excluding hydrogens is 222 g/mol. The molecular formula is C15H25N3. The summed E-state index contributed by atoms with van der Waals surface area (Å²) >= 11 is 0. The van der Waals surface area contributed by atoms with E-state index in [4.69, 9.17) is 0 Å². The summed E-state index contributed by atoms with van der Waals surface area (Å²) in [6.45, 7) is 7.71. The number of rotatable bonds is 5. The topological polar surface area (TPSA) is 28.2 Å². The van der Waals surface area contributed by atoms with Crippen LogP contribution in [0.5, 0.6) is 0 Å². The largest absolute Gasteiger partial charge is 0.384 e. The lowest BCUT2D eigenvalue weighted by molar-refractivity contribution is 0.378. The van der Waals surface area contributed by atoms with Gasteiger partial charge in [0.05, 0.1) is 23.8 Å². The van der Waals surface area contributed by atoms with E-state index >= 15 is 0 Å². The van der Waals surface area contributed by atoms with E-state index in [0.717, 1.165) is 18.2 Å². The Morgan fingerprint density at radius 2 is 2.06 bits per heavy atom. The maximum atomic E-state index is 4.33. The number of nitrogens with zero attached hydrogens (tertiary/aromatic N) is 2. The van der Waals surface area contributed by atoms with Gasteiger partial charge in [0.2, 0.25) is 0 Å². The van der Waals surface area contributed by atoms with Crippen molar-refractivity contribution in [2.45, 2.75) is 39.5 Å². The molecule has 0 radical (unpaired) electrons. The maximum absolute atomic E-state index is 4.33. The summed E-state index contributed by atoms with van der Waals surface area (Å²) in [7, 11) is 0. The molecule has 0 aliphatic carbocycles. The molecule has 1 aliphatic rings. The molecule has 2 rings (SSSR count). The molecule has 1 N–H and O–H groups in total. The van der Waals surface area contributed by atoms with E-state index in [1.807, 2.05) is 12.4 Å². The molecule has 0 bridgehead atoms. The fourth-order valence-electron chi connectivity index (χ4n) is 2.79. The van der Waals surface area contributed by atoms with E-state index in [1.54, 1.807) is 0 Å². The lowest BCUT2D eigenvalue weighted by atomic mass is 9.92. The van der Waals surface area contributed by atoms with Crippen LogP contribution in [0.15, 0.2) is 18.5 Å². The maximum Gasteiger partial charge on any atom is 0.0573 e. The van der Waals surface area contributed by atoms with Gasteiger partial charge in [-0.25, -0.2) is 0 Å². The first-order valence-corrected chi connectivity index (χ1v) is 7.27. The Labute approximate surface area is 111 Å². The Morgan fingerprint density at radius 1 is 1.28 bits per heavy atom. The quantitative estimate of drug-likeness (QED) is 0.862. The fraction of sp³-hybridized carbons (Fsp3) is 0.667. The highest BCUT2D eigenvalue weighted by Crippen LogP contribution is 2.26. The normalized spacial score (nSPS) is 16.9. The molecule has 1 aromatic heterocycles. The number of hydrogen-bond donors (Lipinski definition) is 1. The predicted octanol–water partition coefficient (Wildman–Crippen LogP) is 3.53. The number of anilines is 2.